The van der Waals surface area contributed by atoms with E-state index in [-0.39, 0.29) is 18.2 Å². The molecule has 0 radical (unpaired) electrons. The van der Waals surface area contributed by atoms with E-state index in [0.717, 1.165) is 25.2 Å². The predicted octanol–water partition coefficient (Wildman–Crippen LogP) is 3.75. The zero-order chi connectivity index (χ0) is 19.5. The first kappa shape index (κ1) is 18.1. The van der Waals surface area contributed by atoms with E-state index in [4.69, 9.17) is 4.74 Å². The van der Waals surface area contributed by atoms with Crippen molar-refractivity contribution in [1.29, 1.82) is 0 Å². The summed E-state index contributed by atoms with van der Waals surface area (Å²) in [6.45, 7) is 3.28. The van der Waals surface area contributed by atoms with Crippen LogP contribution in [0.2, 0.25) is 0 Å². The first-order valence-electron chi connectivity index (χ1n) is 9.17. The van der Waals surface area contributed by atoms with Gasteiger partial charge < -0.3 is 9.64 Å². The second-order valence-corrected chi connectivity index (χ2v) is 6.81. The van der Waals surface area contributed by atoms with Crippen molar-refractivity contribution in [2.75, 3.05) is 18.1 Å². The molecule has 1 aliphatic heterocycles. The lowest BCUT2D eigenvalue weighted by atomic mass is 10.0. The normalized spacial score (nSPS) is 13.1. The van der Waals surface area contributed by atoms with Gasteiger partial charge in [-0.05, 0) is 48.7 Å². The molecule has 0 amide bonds. The molecule has 142 valence electrons. The Balaban J connectivity index is 1.47. The zero-order valence-corrected chi connectivity index (χ0v) is 15.6. The topological polar surface area (TPSA) is 55.3 Å². The fourth-order valence-corrected chi connectivity index (χ4v) is 3.26. The number of aryl methyl sites for hydroxylation is 1. The maximum Gasteiger partial charge on any atom is 0.229 e. The molecule has 5 nitrogen and oxygen atoms in total. The number of carbonyl (C=O) groups excluding carboxylic acids is 1. The molecule has 4 rings (SSSR count). The fourth-order valence-electron chi connectivity index (χ4n) is 3.26. The number of halogens is 1. The van der Waals surface area contributed by atoms with Gasteiger partial charge in [-0.1, -0.05) is 24.3 Å². The number of ketones is 1. The lowest BCUT2D eigenvalue weighted by molar-refractivity contribution is 0.0918. The maximum atomic E-state index is 13.0. The second kappa shape index (κ2) is 7.76. The molecule has 0 fully saturated rings. The van der Waals surface area contributed by atoms with Gasteiger partial charge in [0, 0.05) is 30.4 Å². The molecule has 0 aliphatic carbocycles. The lowest BCUT2D eigenvalue weighted by Gasteiger charge is -2.29. The molecule has 1 aliphatic rings. The van der Waals surface area contributed by atoms with E-state index in [1.54, 1.807) is 6.07 Å². The molecule has 1 aromatic heterocycles. The summed E-state index contributed by atoms with van der Waals surface area (Å²) in [5.41, 5.74) is 3.80. The summed E-state index contributed by atoms with van der Waals surface area (Å²) in [6, 6.07) is 15.5. The molecule has 6 heteroatoms. The van der Waals surface area contributed by atoms with E-state index in [1.807, 2.05) is 13.0 Å². The largest absolute Gasteiger partial charge is 0.469 e. The van der Waals surface area contributed by atoms with E-state index >= 15 is 0 Å². The molecule has 0 saturated carbocycles. The third-order valence-electron chi connectivity index (χ3n) is 4.75. The minimum atomic E-state index is -0.378. The van der Waals surface area contributed by atoms with Crippen LogP contribution in [0.5, 0.6) is 5.88 Å². The third-order valence-corrected chi connectivity index (χ3v) is 4.75. The molecule has 0 atom stereocenters. The van der Waals surface area contributed by atoms with Gasteiger partial charge in [0.25, 0.3) is 0 Å². The van der Waals surface area contributed by atoms with Crippen LogP contribution in [0, 0.1) is 12.7 Å². The highest BCUT2D eigenvalue weighted by Gasteiger charge is 2.19. The van der Waals surface area contributed by atoms with Gasteiger partial charge in [0.1, 0.15) is 5.82 Å². The van der Waals surface area contributed by atoms with Crippen molar-refractivity contribution in [2.24, 2.45) is 0 Å². The number of carbonyl (C=O) groups is 1. The summed E-state index contributed by atoms with van der Waals surface area (Å²) in [6.07, 6.45) is 0.937. The summed E-state index contributed by atoms with van der Waals surface area (Å²) in [7, 11) is 0. The molecule has 0 spiro atoms. The number of Topliss-reactive ketones (excluding diaryl/α,β-unsaturated/α-hetero) is 1. The van der Waals surface area contributed by atoms with Crippen molar-refractivity contribution in [3.63, 3.8) is 0 Å². The molecule has 0 unspecified atom stereocenters. The van der Waals surface area contributed by atoms with Gasteiger partial charge in [-0.3, -0.25) is 4.79 Å². The van der Waals surface area contributed by atoms with Gasteiger partial charge in [0.05, 0.1) is 0 Å². The van der Waals surface area contributed by atoms with Crippen LogP contribution in [0.4, 0.5) is 10.3 Å². The number of aromatic nitrogens is 2. The average Bonchev–Trinajstić information content (AvgIpc) is 2.72. The average molecular weight is 377 g/mol. The van der Waals surface area contributed by atoms with E-state index in [0.29, 0.717) is 17.4 Å². The van der Waals surface area contributed by atoms with Crippen LogP contribution in [-0.4, -0.2) is 28.9 Å². The van der Waals surface area contributed by atoms with Crippen molar-refractivity contribution >= 4 is 11.7 Å². The molecule has 3 aromatic rings. The van der Waals surface area contributed by atoms with Crippen LogP contribution in [0.25, 0.3) is 0 Å². The zero-order valence-electron chi connectivity index (χ0n) is 15.6. The molecule has 0 N–H and O–H groups in total. The molecule has 2 aromatic carbocycles. The van der Waals surface area contributed by atoms with E-state index < -0.39 is 0 Å². The SMILES string of the molecule is Cc1cc(OCC(=O)c2ccc(F)cc2)nc(N2CCc3ccccc3C2)n1. The van der Waals surface area contributed by atoms with Crippen LogP contribution >= 0.6 is 0 Å². The molecule has 2 heterocycles. The van der Waals surface area contributed by atoms with Crippen molar-refractivity contribution in [3.05, 3.63) is 82.8 Å². The molecular formula is C22H20FN3O2. The van der Waals surface area contributed by atoms with E-state index in [1.165, 1.54) is 35.4 Å². The van der Waals surface area contributed by atoms with E-state index in [2.05, 4.69) is 33.1 Å². The van der Waals surface area contributed by atoms with Crippen LogP contribution in [0.1, 0.15) is 27.2 Å². The predicted molar refractivity (Wildman–Crippen MR) is 104 cm³/mol. The number of fused-ring (bicyclic) bond motifs is 1. The maximum absolute atomic E-state index is 13.0. The van der Waals surface area contributed by atoms with Crippen molar-refractivity contribution in [2.45, 2.75) is 19.9 Å². The van der Waals surface area contributed by atoms with Crippen molar-refractivity contribution in [3.8, 4) is 5.88 Å². The summed E-state index contributed by atoms with van der Waals surface area (Å²) < 4.78 is 18.6. The Bertz CT molecular complexity index is 1000. The molecular weight excluding hydrogens is 357 g/mol. The highest BCUT2D eigenvalue weighted by molar-refractivity contribution is 5.97. The number of hydrogen-bond donors (Lipinski definition) is 0. The Labute approximate surface area is 162 Å². The van der Waals surface area contributed by atoms with Gasteiger partial charge in [-0.25, -0.2) is 9.37 Å². The minimum Gasteiger partial charge on any atom is -0.469 e. The molecule has 28 heavy (non-hydrogen) atoms. The van der Waals surface area contributed by atoms with Crippen molar-refractivity contribution in [1.82, 2.24) is 9.97 Å². The van der Waals surface area contributed by atoms with Gasteiger partial charge in [0.2, 0.25) is 11.8 Å². The Morgan fingerprint density at radius 2 is 1.86 bits per heavy atom. The Morgan fingerprint density at radius 1 is 1.11 bits per heavy atom. The third kappa shape index (κ3) is 4.01. The van der Waals surface area contributed by atoms with Crippen LogP contribution < -0.4 is 9.64 Å². The van der Waals surface area contributed by atoms with Crippen LogP contribution in [0.15, 0.2) is 54.6 Å². The lowest BCUT2D eigenvalue weighted by Crippen LogP contribution is -2.32. The summed E-state index contributed by atoms with van der Waals surface area (Å²) in [4.78, 5) is 23.4. The highest BCUT2D eigenvalue weighted by Crippen LogP contribution is 2.23. The Kier molecular flexibility index (Phi) is 5.02. The second-order valence-electron chi connectivity index (χ2n) is 6.81. The number of hydrogen-bond acceptors (Lipinski definition) is 5. The number of ether oxygens (including phenoxy) is 1. The monoisotopic (exact) mass is 377 g/mol. The Hall–Kier alpha value is -3.28. The summed E-state index contributed by atoms with van der Waals surface area (Å²) in [5, 5.41) is 0. The molecule has 0 saturated heterocycles. The van der Waals surface area contributed by atoms with E-state index in [9.17, 15) is 9.18 Å². The van der Waals surface area contributed by atoms with Gasteiger partial charge >= 0.3 is 0 Å². The number of rotatable bonds is 5. The van der Waals surface area contributed by atoms with Crippen molar-refractivity contribution < 1.29 is 13.9 Å². The van der Waals surface area contributed by atoms with Crippen LogP contribution in [0.3, 0.4) is 0 Å². The Morgan fingerprint density at radius 3 is 2.64 bits per heavy atom. The number of anilines is 1. The first-order chi connectivity index (χ1) is 13.6. The first-order valence-corrected chi connectivity index (χ1v) is 9.17. The molecule has 0 bridgehead atoms. The standard InChI is InChI=1S/C22H20FN3O2/c1-15-12-21(28-14-20(27)17-6-8-19(23)9-7-17)25-22(24-15)26-11-10-16-4-2-3-5-18(16)13-26/h2-9,12H,10-11,13-14H2,1H3. The summed E-state index contributed by atoms with van der Waals surface area (Å²) >= 11 is 0. The quantitative estimate of drug-likeness (QED) is 0.634. The fraction of sp³-hybridized carbons (Fsp3) is 0.227. The summed E-state index contributed by atoms with van der Waals surface area (Å²) in [5.74, 6) is 0.344. The van der Waals surface area contributed by atoms with Gasteiger partial charge in [0.15, 0.2) is 12.4 Å². The van der Waals surface area contributed by atoms with Crippen LogP contribution in [-0.2, 0) is 13.0 Å². The van der Waals surface area contributed by atoms with Gasteiger partial charge in [-0.15, -0.1) is 0 Å². The smallest absolute Gasteiger partial charge is 0.229 e. The minimum absolute atomic E-state index is 0.162. The highest BCUT2D eigenvalue weighted by atomic mass is 19.1. The van der Waals surface area contributed by atoms with Gasteiger partial charge in [-0.2, -0.15) is 4.98 Å². The number of benzene rings is 2. The number of nitrogens with zero attached hydrogens (tertiary/aromatic N) is 3.